The SMILES string of the molecule is C=CCOc1cc(/C=C/C(=O)NC2Cc3ccccc3C2)ccc1-n1cnc(C)c1. The second kappa shape index (κ2) is 8.82. The molecule has 1 aliphatic carbocycles. The highest BCUT2D eigenvalue weighted by Crippen LogP contribution is 2.26. The molecule has 1 heterocycles. The van der Waals surface area contributed by atoms with Crippen molar-refractivity contribution in [1.82, 2.24) is 14.9 Å². The van der Waals surface area contributed by atoms with Crippen LogP contribution in [-0.4, -0.2) is 28.1 Å². The van der Waals surface area contributed by atoms with Gasteiger partial charge in [-0.25, -0.2) is 4.98 Å². The molecule has 0 saturated carbocycles. The van der Waals surface area contributed by atoms with Crippen molar-refractivity contribution in [2.24, 2.45) is 0 Å². The summed E-state index contributed by atoms with van der Waals surface area (Å²) in [6.07, 6.45) is 10.6. The molecule has 0 aliphatic heterocycles. The molecule has 1 N–H and O–H groups in total. The molecule has 1 aromatic heterocycles. The number of ether oxygens (including phenoxy) is 1. The highest BCUT2D eigenvalue weighted by molar-refractivity contribution is 5.92. The van der Waals surface area contributed by atoms with Crippen LogP contribution in [0.1, 0.15) is 22.4 Å². The van der Waals surface area contributed by atoms with Crippen LogP contribution in [-0.2, 0) is 17.6 Å². The van der Waals surface area contributed by atoms with Gasteiger partial charge in [0.1, 0.15) is 12.4 Å². The first-order chi connectivity index (χ1) is 14.6. The van der Waals surface area contributed by atoms with E-state index >= 15 is 0 Å². The molecule has 2 aromatic carbocycles. The Morgan fingerprint density at radius 1 is 1.27 bits per heavy atom. The zero-order valence-electron chi connectivity index (χ0n) is 17.0. The third kappa shape index (κ3) is 4.51. The summed E-state index contributed by atoms with van der Waals surface area (Å²) >= 11 is 0. The Hall–Kier alpha value is -3.60. The van der Waals surface area contributed by atoms with E-state index in [0.717, 1.165) is 29.8 Å². The predicted molar refractivity (Wildman–Crippen MR) is 119 cm³/mol. The third-order valence-electron chi connectivity index (χ3n) is 5.15. The second-order valence-electron chi connectivity index (χ2n) is 7.46. The summed E-state index contributed by atoms with van der Waals surface area (Å²) in [5.74, 6) is 0.622. The van der Waals surface area contributed by atoms with Crippen LogP contribution in [0.25, 0.3) is 11.8 Å². The maximum atomic E-state index is 12.4. The van der Waals surface area contributed by atoms with Crippen molar-refractivity contribution < 1.29 is 9.53 Å². The van der Waals surface area contributed by atoms with E-state index in [1.165, 1.54) is 11.1 Å². The van der Waals surface area contributed by atoms with Crippen LogP contribution < -0.4 is 10.1 Å². The summed E-state index contributed by atoms with van der Waals surface area (Å²) in [7, 11) is 0. The van der Waals surface area contributed by atoms with Crippen LogP contribution in [0, 0.1) is 6.92 Å². The zero-order chi connectivity index (χ0) is 20.9. The quantitative estimate of drug-likeness (QED) is 0.482. The van der Waals surface area contributed by atoms with E-state index in [1.807, 2.05) is 48.0 Å². The first-order valence-corrected chi connectivity index (χ1v) is 10.1. The molecule has 3 aromatic rings. The molecular formula is C25H25N3O2. The number of fused-ring (bicyclic) bond motifs is 1. The molecule has 0 fully saturated rings. The number of aromatic nitrogens is 2. The second-order valence-corrected chi connectivity index (χ2v) is 7.46. The number of carbonyl (C=O) groups excluding carboxylic acids is 1. The molecule has 0 bridgehead atoms. The van der Waals surface area contributed by atoms with E-state index in [4.69, 9.17) is 4.74 Å². The van der Waals surface area contributed by atoms with Crippen molar-refractivity contribution in [3.05, 3.63) is 96.1 Å². The van der Waals surface area contributed by atoms with Gasteiger partial charge in [-0.2, -0.15) is 0 Å². The smallest absolute Gasteiger partial charge is 0.244 e. The van der Waals surface area contributed by atoms with Crippen LogP contribution in [0.15, 0.2) is 73.7 Å². The lowest BCUT2D eigenvalue weighted by atomic mass is 10.1. The van der Waals surface area contributed by atoms with E-state index < -0.39 is 0 Å². The number of benzene rings is 2. The first kappa shape index (κ1) is 19.7. The molecule has 0 spiro atoms. The van der Waals surface area contributed by atoms with Crippen LogP contribution in [0.2, 0.25) is 0 Å². The number of imidazole rings is 1. The average molecular weight is 399 g/mol. The molecule has 0 atom stereocenters. The van der Waals surface area contributed by atoms with E-state index in [-0.39, 0.29) is 11.9 Å². The molecule has 4 rings (SSSR count). The molecule has 152 valence electrons. The fourth-order valence-electron chi connectivity index (χ4n) is 3.75. The maximum absolute atomic E-state index is 12.4. The number of hydrogen-bond donors (Lipinski definition) is 1. The van der Waals surface area contributed by atoms with Crippen molar-refractivity contribution in [2.75, 3.05) is 6.61 Å². The standard InChI is InChI=1S/C25H25N3O2/c1-3-12-30-24-13-19(8-10-23(24)28-16-18(2)26-17-28)9-11-25(29)27-22-14-20-6-4-5-7-21(20)15-22/h3-11,13,16-17,22H,1,12,14-15H2,2H3,(H,27,29)/b11-9+. The van der Waals surface area contributed by atoms with Crippen LogP contribution >= 0.6 is 0 Å². The first-order valence-electron chi connectivity index (χ1n) is 10.1. The zero-order valence-corrected chi connectivity index (χ0v) is 17.0. The summed E-state index contributed by atoms with van der Waals surface area (Å²) < 4.78 is 7.76. The Labute approximate surface area is 176 Å². The Morgan fingerprint density at radius 2 is 2.03 bits per heavy atom. The fraction of sp³-hybridized carbons (Fsp3) is 0.200. The number of nitrogens with one attached hydrogen (secondary N) is 1. The number of amides is 1. The fourth-order valence-corrected chi connectivity index (χ4v) is 3.75. The predicted octanol–water partition coefficient (Wildman–Crippen LogP) is 4.04. The van der Waals surface area contributed by atoms with Gasteiger partial charge in [0.05, 0.1) is 17.7 Å². The number of rotatable bonds is 7. The van der Waals surface area contributed by atoms with E-state index in [2.05, 4.69) is 29.0 Å². The molecule has 30 heavy (non-hydrogen) atoms. The monoisotopic (exact) mass is 399 g/mol. The van der Waals surface area contributed by atoms with Gasteiger partial charge in [-0.05, 0) is 54.7 Å². The number of aryl methyl sites for hydroxylation is 1. The largest absolute Gasteiger partial charge is 0.487 e. The summed E-state index contributed by atoms with van der Waals surface area (Å²) in [5, 5.41) is 3.10. The molecule has 0 radical (unpaired) electrons. The van der Waals surface area contributed by atoms with Crippen LogP contribution in [0.5, 0.6) is 5.75 Å². The van der Waals surface area contributed by atoms with Gasteiger partial charge in [0.25, 0.3) is 0 Å². The molecule has 1 amide bonds. The van der Waals surface area contributed by atoms with Crippen LogP contribution in [0.3, 0.4) is 0 Å². The van der Waals surface area contributed by atoms with E-state index in [9.17, 15) is 4.79 Å². The molecule has 1 aliphatic rings. The Morgan fingerprint density at radius 3 is 2.70 bits per heavy atom. The molecular weight excluding hydrogens is 374 g/mol. The molecule has 5 heteroatoms. The van der Waals surface area contributed by atoms with Gasteiger partial charge in [0, 0.05) is 18.3 Å². The minimum atomic E-state index is -0.0873. The van der Waals surface area contributed by atoms with Gasteiger partial charge in [-0.15, -0.1) is 0 Å². The van der Waals surface area contributed by atoms with Crippen LogP contribution in [0.4, 0.5) is 0 Å². The van der Waals surface area contributed by atoms with E-state index in [1.54, 1.807) is 24.6 Å². The van der Waals surface area contributed by atoms with Gasteiger partial charge in [0.2, 0.25) is 5.91 Å². The normalized spacial score (nSPS) is 13.4. The van der Waals surface area contributed by atoms with Gasteiger partial charge >= 0.3 is 0 Å². The van der Waals surface area contributed by atoms with Crippen molar-refractivity contribution in [2.45, 2.75) is 25.8 Å². The van der Waals surface area contributed by atoms with E-state index in [0.29, 0.717) is 12.4 Å². The molecule has 5 nitrogen and oxygen atoms in total. The summed E-state index contributed by atoms with van der Waals surface area (Å²) in [4.78, 5) is 16.7. The minimum absolute atomic E-state index is 0.0873. The summed E-state index contributed by atoms with van der Waals surface area (Å²) in [5.41, 5.74) is 5.35. The minimum Gasteiger partial charge on any atom is -0.487 e. The van der Waals surface area contributed by atoms with Crippen molar-refractivity contribution >= 4 is 12.0 Å². The maximum Gasteiger partial charge on any atom is 0.244 e. The summed E-state index contributed by atoms with van der Waals surface area (Å²) in [6.45, 7) is 6.06. The van der Waals surface area contributed by atoms with Crippen molar-refractivity contribution in [3.63, 3.8) is 0 Å². The average Bonchev–Trinajstić information content (AvgIpc) is 3.36. The highest BCUT2D eigenvalue weighted by Gasteiger charge is 2.21. The highest BCUT2D eigenvalue weighted by atomic mass is 16.5. The topological polar surface area (TPSA) is 56.1 Å². The number of hydrogen-bond acceptors (Lipinski definition) is 3. The third-order valence-corrected chi connectivity index (χ3v) is 5.15. The summed E-state index contributed by atoms with van der Waals surface area (Å²) in [6, 6.07) is 14.3. The Bertz CT molecular complexity index is 1070. The van der Waals surface area contributed by atoms with Gasteiger partial charge in [-0.1, -0.05) is 43.0 Å². The lowest BCUT2D eigenvalue weighted by molar-refractivity contribution is -0.117. The van der Waals surface area contributed by atoms with Gasteiger partial charge < -0.3 is 14.6 Å². The molecule has 0 saturated heterocycles. The number of nitrogens with zero attached hydrogens (tertiary/aromatic N) is 2. The lowest BCUT2D eigenvalue weighted by Crippen LogP contribution is -2.34. The van der Waals surface area contributed by atoms with Crippen molar-refractivity contribution in [1.29, 1.82) is 0 Å². The van der Waals surface area contributed by atoms with Crippen molar-refractivity contribution in [3.8, 4) is 11.4 Å². The lowest BCUT2D eigenvalue weighted by Gasteiger charge is -2.12. The van der Waals surface area contributed by atoms with Gasteiger partial charge in [0.15, 0.2) is 0 Å². The van der Waals surface area contributed by atoms with Gasteiger partial charge in [-0.3, -0.25) is 4.79 Å². The Balaban J connectivity index is 1.45. The molecule has 0 unspecified atom stereocenters. The Kier molecular flexibility index (Phi) is 5.80. The number of carbonyl (C=O) groups is 1.